The highest BCUT2D eigenvalue weighted by molar-refractivity contribution is 5.95. The summed E-state index contributed by atoms with van der Waals surface area (Å²) in [6.07, 6.45) is 2.78. The number of ether oxygens (including phenoxy) is 2. The second-order valence-electron chi connectivity index (χ2n) is 5.61. The lowest BCUT2D eigenvalue weighted by Crippen LogP contribution is -2.51. The maximum Gasteiger partial charge on any atom is 0.257 e. The molecule has 2 unspecified atom stereocenters. The number of hydrogen-bond donors (Lipinski definition) is 1. The maximum atomic E-state index is 14.3. The molecule has 0 radical (unpaired) electrons. The van der Waals surface area contributed by atoms with Crippen molar-refractivity contribution in [3.05, 3.63) is 23.5 Å². The van der Waals surface area contributed by atoms with Crippen molar-refractivity contribution < 1.29 is 18.7 Å². The number of carbonyl (C=O) groups is 1. The molecule has 2 rings (SSSR count). The number of piperidine rings is 1. The molecule has 1 saturated heterocycles. The van der Waals surface area contributed by atoms with E-state index >= 15 is 0 Å². The van der Waals surface area contributed by atoms with E-state index in [1.807, 2.05) is 6.92 Å². The summed E-state index contributed by atoms with van der Waals surface area (Å²) in [4.78, 5) is 14.4. The predicted molar refractivity (Wildman–Crippen MR) is 81.8 cm³/mol. The Bertz CT molecular complexity index is 548. The SMILES string of the molecule is COc1cc(F)c(C(=O)N2CCCCC2C(C)N)cc1OC. The number of methoxy groups -OCH3 is 2. The number of hydrogen-bond acceptors (Lipinski definition) is 4. The van der Waals surface area contributed by atoms with E-state index in [0.29, 0.717) is 12.3 Å². The zero-order valence-electron chi connectivity index (χ0n) is 13.3. The van der Waals surface area contributed by atoms with Gasteiger partial charge in [-0.2, -0.15) is 0 Å². The fourth-order valence-corrected chi connectivity index (χ4v) is 2.93. The Morgan fingerprint density at radius 3 is 2.55 bits per heavy atom. The first-order valence-corrected chi connectivity index (χ1v) is 7.47. The standard InChI is InChI=1S/C16H23FN2O3/c1-10(18)13-6-4-5-7-19(13)16(20)11-8-14(21-2)15(22-3)9-12(11)17/h8-10,13H,4-7,18H2,1-3H3. The van der Waals surface area contributed by atoms with Crippen LogP contribution in [0.25, 0.3) is 0 Å². The fourth-order valence-electron chi connectivity index (χ4n) is 2.93. The fraction of sp³-hybridized carbons (Fsp3) is 0.562. The van der Waals surface area contributed by atoms with Crippen molar-refractivity contribution in [2.24, 2.45) is 5.73 Å². The molecule has 6 heteroatoms. The van der Waals surface area contributed by atoms with Crippen molar-refractivity contribution in [1.29, 1.82) is 0 Å². The average Bonchev–Trinajstić information content (AvgIpc) is 2.53. The van der Waals surface area contributed by atoms with Crippen molar-refractivity contribution >= 4 is 5.91 Å². The van der Waals surface area contributed by atoms with E-state index in [0.717, 1.165) is 19.3 Å². The van der Waals surface area contributed by atoms with Gasteiger partial charge in [-0.05, 0) is 32.3 Å². The first kappa shape index (κ1) is 16.5. The van der Waals surface area contributed by atoms with Crippen LogP contribution in [0.4, 0.5) is 4.39 Å². The number of benzene rings is 1. The van der Waals surface area contributed by atoms with E-state index in [-0.39, 0.29) is 29.3 Å². The average molecular weight is 310 g/mol. The van der Waals surface area contributed by atoms with Gasteiger partial charge in [0, 0.05) is 24.7 Å². The highest BCUT2D eigenvalue weighted by Gasteiger charge is 2.31. The summed E-state index contributed by atoms with van der Waals surface area (Å²) >= 11 is 0. The van der Waals surface area contributed by atoms with E-state index in [2.05, 4.69) is 0 Å². The lowest BCUT2D eigenvalue weighted by molar-refractivity contribution is 0.0578. The van der Waals surface area contributed by atoms with Gasteiger partial charge in [-0.1, -0.05) is 0 Å². The van der Waals surface area contributed by atoms with Gasteiger partial charge in [0.15, 0.2) is 11.5 Å². The summed E-state index contributed by atoms with van der Waals surface area (Å²) in [7, 11) is 2.88. The van der Waals surface area contributed by atoms with Crippen molar-refractivity contribution in [2.75, 3.05) is 20.8 Å². The summed E-state index contributed by atoms with van der Waals surface area (Å²) in [5, 5.41) is 0. The molecule has 2 N–H and O–H groups in total. The number of carbonyl (C=O) groups excluding carboxylic acids is 1. The predicted octanol–water partition coefficient (Wildman–Crippen LogP) is 2.18. The Kier molecular flexibility index (Phi) is 5.24. The van der Waals surface area contributed by atoms with Gasteiger partial charge in [0.05, 0.1) is 19.8 Å². The molecule has 5 nitrogen and oxygen atoms in total. The third kappa shape index (κ3) is 3.16. The summed E-state index contributed by atoms with van der Waals surface area (Å²) in [6.45, 7) is 2.47. The molecule has 1 aromatic carbocycles. The highest BCUT2D eigenvalue weighted by Crippen LogP contribution is 2.31. The Morgan fingerprint density at radius 2 is 1.95 bits per heavy atom. The molecule has 1 fully saturated rings. The molecule has 2 atom stereocenters. The molecule has 122 valence electrons. The minimum atomic E-state index is -0.614. The van der Waals surface area contributed by atoms with Crippen LogP contribution < -0.4 is 15.2 Å². The number of halogens is 1. The maximum absolute atomic E-state index is 14.3. The Morgan fingerprint density at radius 1 is 1.32 bits per heavy atom. The monoisotopic (exact) mass is 310 g/mol. The molecule has 1 aliphatic heterocycles. The summed E-state index contributed by atoms with van der Waals surface area (Å²) < 4.78 is 24.5. The van der Waals surface area contributed by atoms with Gasteiger partial charge in [0.2, 0.25) is 0 Å². The van der Waals surface area contributed by atoms with Gasteiger partial charge in [-0.15, -0.1) is 0 Å². The van der Waals surface area contributed by atoms with Gasteiger partial charge in [-0.3, -0.25) is 4.79 Å². The van der Waals surface area contributed by atoms with Gasteiger partial charge in [0.1, 0.15) is 5.82 Å². The number of nitrogens with zero attached hydrogens (tertiary/aromatic N) is 1. The van der Waals surface area contributed by atoms with Crippen LogP contribution >= 0.6 is 0 Å². The molecule has 1 heterocycles. The zero-order valence-corrected chi connectivity index (χ0v) is 13.3. The molecular weight excluding hydrogens is 287 g/mol. The second-order valence-corrected chi connectivity index (χ2v) is 5.61. The largest absolute Gasteiger partial charge is 0.493 e. The van der Waals surface area contributed by atoms with Gasteiger partial charge < -0.3 is 20.1 Å². The second kappa shape index (κ2) is 6.96. The minimum Gasteiger partial charge on any atom is -0.493 e. The molecule has 1 aliphatic rings. The molecule has 0 aliphatic carbocycles. The quantitative estimate of drug-likeness (QED) is 0.926. The summed E-state index contributed by atoms with van der Waals surface area (Å²) in [5.74, 6) is -0.363. The lowest BCUT2D eigenvalue weighted by Gasteiger charge is -2.38. The van der Waals surface area contributed by atoms with E-state index in [9.17, 15) is 9.18 Å². The Hall–Kier alpha value is -1.82. The van der Waals surface area contributed by atoms with E-state index in [1.54, 1.807) is 4.90 Å². The molecule has 0 aromatic heterocycles. The number of likely N-dealkylation sites (tertiary alicyclic amines) is 1. The van der Waals surface area contributed by atoms with Crippen LogP contribution in [0.2, 0.25) is 0 Å². The third-order valence-electron chi connectivity index (χ3n) is 4.12. The van der Waals surface area contributed by atoms with E-state index in [1.165, 1.54) is 26.4 Å². The smallest absolute Gasteiger partial charge is 0.257 e. The number of nitrogens with two attached hydrogens (primary N) is 1. The van der Waals surface area contributed by atoms with E-state index < -0.39 is 5.82 Å². The summed E-state index contributed by atoms with van der Waals surface area (Å²) in [6, 6.07) is 2.36. The number of amides is 1. The molecule has 0 saturated carbocycles. The first-order valence-electron chi connectivity index (χ1n) is 7.47. The Balaban J connectivity index is 2.35. The lowest BCUT2D eigenvalue weighted by atomic mass is 9.96. The zero-order chi connectivity index (χ0) is 16.3. The normalized spacial score (nSPS) is 19.7. The molecule has 0 bridgehead atoms. The Labute approximate surface area is 130 Å². The van der Waals surface area contributed by atoms with Gasteiger partial charge in [0.25, 0.3) is 5.91 Å². The van der Waals surface area contributed by atoms with Gasteiger partial charge >= 0.3 is 0 Å². The van der Waals surface area contributed by atoms with Crippen LogP contribution in [-0.2, 0) is 0 Å². The van der Waals surface area contributed by atoms with Gasteiger partial charge in [-0.25, -0.2) is 4.39 Å². The van der Waals surface area contributed by atoms with Crippen LogP contribution in [0.15, 0.2) is 12.1 Å². The molecule has 1 amide bonds. The first-order chi connectivity index (χ1) is 10.5. The van der Waals surface area contributed by atoms with Crippen LogP contribution in [0.1, 0.15) is 36.5 Å². The molecule has 1 aromatic rings. The third-order valence-corrected chi connectivity index (χ3v) is 4.12. The van der Waals surface area contributed by atoms with Crippen LogP contribution in [0.3, 0.4) is 0 Å². The molecular formula is C16H23FN2O3. The number of rotatable bonds is 4. The van der Waals surface area contributed by atoms with Crippen LogP contribution in [0, 0.1) is 5.82 Å². The van der Waals surface area contributed by atoms with Crippen LogP contribution in [-0.4, -0.2) is 43.7 Å². The highest BCUT2D eigenvalue weighted by atomic mass is 19.1. The van der Waals surface area contributed by atoms with Crippen molar-refractivity contribution in [3.8, 4) is 11.5 Å². The molecule has 22 heavy (non-hydrogen) atoms. The molecule has 0 spiro atoms. The minimum absolute atomic E-state index is 0.00907. The van der Waals surface area contributed by atoms with Crippen LogP contribution in [0.5, 0.6) is 11.5 Å². The summed E-state index contributed by atoms with van der Waals surface area (Å²) in [5.41, 5.74) is 5.97. The van der Waals surface area contributed by atoms with E-state index in [4.69, 9.17) is 15.2 Å². The topological polar surface area (TPSA) is 64.8 Å². The van der Waals surface area contributed by atoms with Crippen molar-refractivity contribution in [1.82, 2.24) is 4.90 Å². The van der Waals surface area contributed by atoms with Crippen molar-refractivity contribution in [3.63, 3.8) is 0 Å². The van der Waals surface area contributed by atoms with Crippen molar-refractivity contribution in [2.45, 2.75) is 38.3 Å².